The number of aryl methyl sites for hydroxylation is 1. The van der Waals surface area contributed by atoms with Gasteiger partial charge >= 0.3 is 0 Å². The third-order valence-corrected chi connectivity index (χ3v) is 7.88. The van der Waals surface area contributed by atoms with Crippen LogP contribution in [0, 0.1) is 0 Å². The minimum atomic E-state index is -0.264. The molecular formula is C29H30Cl2N4O3S. The Hall–Kier alpha value is -2.88. The number of thioether (sulfide) groups is 1. The SMILES string of the molecule is CCCc1nnc(SC(c2ccc(Cl)cc2)c2ccc(Cl)cc2)n1-c1cccc(C(=O)N(CCO)CCO)c1. The standard InChI is InChI=1S/C29H30Cl2N4O3S/c1-2-4-26-32-33-29(35(26)25-6-3-5-22(19-25)28(38)34(15-17-36)16-18-37)39-27(20-7-11-23(30)12-8-20)21-9-13-24(31)14-10-21/h3,5-14,19,27,36-37H,2,4,15-18H2,1H3. The van der Waals surface area contributed by atoms with Gasteiger partial charge < -0.3 is 15.1 Å². The van der Waals surface area contributed by atoms with Gasteiger partial charge in [0.25, 0.3) is 5.91 Å². The number of amides is 1. The third-order valence-electron chi connectivity index (χ3n) is 6.12. The number of aromatic nitrogens is 3. The number of rotatable bonds is 12. The second kappa shape index (κ2) is 14.0. The summed E-state index contributed by atoms with van der Waals surface area (Å²) in [5.41, 5.74) is 3.31. The molecule has 7 nitrogen and oxygen atoms in total. The van der Waals surface area contributed by atoms with Gasteiger partial charge in [-0.25, -0.2) is 0 Å². The predicted molar refractivity (Wildman–Crippen MR) is 156 cm³/mol. The Balaban J connectivity index is 1.76. The van der Waals surface area contributed by atoms with Gasteiger partial charge in [-0.2, -0.15) is 0 Å². The van der Waals surface area contributed by atoms with Gasteiger partial charge in [0.05, 0.1) is 24.2 Å². The van der Waals surface area contributed by atoms with Crippen LogP contribution < -0.4 is 0 Å². The Morgan fingerprint density at radius 1 is 0.923 bits per heavy atom. The number of carbonyl (C=O) groups is 1. The Bertz CT molecular complexity index is 1330. The molecule has 0 aliphatic heterocycles. The van der Waals surface area contributed by atoms with Crippen LogP contribution in [0.3, 0.4) is 0 Å². The first kappa shape index (κ1) is 29.1. The second-order valence-electron chi connectivity index (χ2n) is 8.87. The van der Waals surface area contributed by atoms with Crippen LogP contribution in [-0.4, -0.2) is 62.1 Å². The van der Waals surface area contributed by atoms with Crippen molar-refractivity contribution in [3.8, 4) is 5.69 Å². The largest absolute Gasteiger partial charge is 0.395 e. The van der Waals surface area contributed by atoms with Crippen molar-refractivity contribution in [2.45, 2.75) is 30.2 Å². The molecule has 0 aliphatic rings. The van der Waals surface area contributed by atoms with Gasteiger partial charge in [0, 0.05) is 35.1 Å². The summed E-state index contributed by atoms with van der Waals surface area (Å²) in [6.07, 6.45) is 1.58. The Morgan fingerprint density at radius 2 is 1.51 bits per heavy atom. The van der Waals surface area contributed by atoms with E-state index in [-0.39, 0.29) is 37.5 Å². The summed E-state index contributed by atoms with van der Waals surface area (Å²) in [4.78, 5) is 14.6. The van der Waals surface area contributed by atoms with Crippen LogP contribution in [0.2, 0.25) is 10.0 Å². The van der Waals surface area contributed by atoms with E-state index in [1.165, 1.54) is 4.90 Å². The van der Waals surface area contributed by atoms with Crippen molar-refractivity contribution in [2.75, 3.05) is 26.3 Å². The molecular weight excluding hydrogens is 555 g/mol. The fourth-order valence-corrected chi connectivity index (χ4v) is 5.70. The Kier molecular flexibility index (Phi) is 10.4. The molecule has 3 aromatic carbocycles. The highest BCUT2D eigenvalue weighted by molar-refractivity contribution is 7.99. The summed E-state index contributed by atoms with van der Waals surface area (Å²) < 4.78 is 1.99. The second-order valence-corrected chi connectivity index (χ2v) is 10.8. The highest BCUT2D eigenvalue weighted by Crippen LogP contribution is 2.41. The molecule has 0 radical (unpaired) electrons. The lowest BCUT2D eigenvalue weighted by atomic mass is 10.0. The molecule has 0 bridgehead atoms. The number of carbonyl (C=O) groups excluding carboxylic acids is 1. The number of hydrogen-bond donors (Lipinski definition) is 2. The molecule has 1 heterocycles. The van der Waals surface area contributed by atoms with E-state index < -0.39 is 0 Å². The minimum Gasteiger partial charge on any atom is -0.395 e. The number of benzene rings is 3. The quantitative estimate of drug-likeness (QED) is 0.203. The maximum absolute atomic E-state index is 13.2. The van der Waals surface area contributed by atoms with Crippen molar-refractivity contribution >= 4 is 40.9 Å². The number of halogens is 2. The summed E-state index contributed by atoms with van der Waals surface area (Å²) in [6, 6.07) is 22.7. The lowest BCUT2D eigenvalue weighted by molar-refractivity contribution is 0.0685. The number of nitrogens with zero attached hydrogens (tertiary/aromatic N) is 4. The number of hydrogen-bond acceptors (Lipinski definition) is 6. The van der Waals surface area contributed by atoms with Gasteiger partial charge in [0.2, 0.25) is 0 Å². The molecule has 4 rings (SSSR count). The van der Waals surface area contributed by atoms with Gasteiger partial charge in [0.15, 0.2) is 5.16 Å². The number of aliphatic hydroxyl groups excluding tert-OH is 2. The number of aliphatic hydroxyl groups is 2. The first-order valence-corrected chi connectivity index (χ1v) is 14.3. The highest BCUT2D eigenvalue weighted by atomic mass is 35.5. The first-order valence-electron chi connectivity index (χ1n) is 12.7. The van der Waals surface area contributed by atoms with Crippen LogP contribution in [-0.2, 0) is 6.42 Å². The van der Waals surface area contributed by atoms with Gasteiger partial charge in [-0.1, -0.05) is 72.2 Å². The topological polar surface area (TPSA) is 91.5 Å². The summed E-state index contributed by atoms with van der Waals surface area (Å²) in [6.45, 7) is 1.99. The molecule has 39 heavy (non-hydrogen) atoms. The highest BCUT2D eigenvalue weighted by Gasteiger charge is 2.23. The maximum Gasteiger partial charge on any atom is 0.254 e. The zero-order valence-electron chi connectivity index (χ0n) is 21.5. The third kappa shape index (κ3) is 7.21. The monoisotopic (exact) mass is 584 g/mol. The zero-order chi connectivity index (χ0) is 27.8. The zero-order valence-corrected chi connectivity index (χ0v) is 23.8. The lowest BCUT2D eigenvalue weighted by Gasteiger charge is -2.21. The van der Waals surface area contributed by atoms with Gasteiger partial charge in [-0.15, -0.1) is 10.2 Å². The molecule has 2 N–H and O–H groups in total. The molecule has 0 saturated heterocycles. The molecule has 204 valence electrons. The average molecular weight is 586 g/mol. The van der Waals surface area contributed by atoms with Crippen molar-refractivity contribution < 1.29 is 15.0 Å². The minimum absolute atomic E-state index is 0.119. The smallest absolute Gasteiger partial charge is 0.254 e. The fourth-order valence-electron chi connectivity index (χ4n) is 4.25. The van der Waals surface area contributed by atoms with E-state index in [9.17, 15) is 15.0 Å². The van der Waals surface area contributed by atoms with Gasteiger partial charge in [-0.3, -0.25) is 9.36 Å². The van der Waals surface area contributed by atoms with E-state index in [1.807, 2.05) is 65.2 Å². The van der Waals surface area contributed by atoms with Crippen molar-refractivity contribution in [3.05, 3.63) is 105 Å². The van der Waals surface area contributed by atoms with Crippen LogP contribution in [0.1, 0.15) is 45.9 Å². The lowest BCUT2D eigenvalue weighted by Crippen LogP contribution is -2.35. The van der Waals surface area contributed by atoms with Crippen LogP contribution in [0.15, 0.2) is 78.0 Å². The molecule has 0 spiro atoms. The summed E-state index contributed by atoms with van der Waals surface area (Å²) >= 11 is 13.9. The normalized spacial score (nSPS) is 11.2. The van der Waals surface area contributed by atoms with E-state index in [0.717, 1.165) is 29.1 Å². The predicted octanol–water partition coefficient (Wildman–Crippen LogP) is 5.84. The molecule has 0 fully saturated rings. The summed E-state index contributed by atoms with van der Waals surface area (Å²) in [5.74, 6) is 0.526. The Morgan fingerprint density at radius 3 is 2.05 bits per heavy atom. The molecule has 0 saturated carbocycles. The molecule has 4 aromatic rings. The van der Waals surface area contributed by atoms with Crippen molar-refractivity contribution in [1.82, 2.24) is 19.7 Å². The summed E-state index contributed by atoms with van der Waals surface area (Å²) in [5, 5.41) is 29.7. The first-order chi connectivity index (χ1) is 18.9. The van der Waals surface area contributed by atoms with Crippen LogP contribution in [0.5, 0.6) is 0 Å². The van der Waals surface area contributed by atoms with Crippen molar-refractivity contribution in [1.29, 1.82) is 0 Å². The van der Waals surface area contributed by atoms with E-state index in [0.29, 0.717) is 27.2 Å². The van der Waals surface area contributed by atoms with Gasteiger partial charge in [-0.05, 0) is 60.0 Å². The van der Waals surface area contributed by atoms with Crippen LogP contribution in [0.4, 0.5) is 0 Å². The van der Waals surface area contributed by atoms with E-state index in [4.69, 9.17) is 23.2 Å². The summed E-state index contributed by atoms with van der Waals surface area (Å²) in [7, 11) is 0. The van der Waals surface area contributed by atoms with E-state index in [1.54, 1.807) is 23.9 Å². The van der Waals surface area contributed by atoms with E-state index in [2.05, 4.69) is 17.1 Å². The van der Waals surface area contributed by atoms with E-state index >= 15 is 0 Å². The van der Waals surface area contributed by atoms with Gasteiger partial charge in [0.1, 0.15) is 5.82 Å². The molecule has 0 aliphatic carbocycles. The molecule has 1 aromatic heterocycles. The molecule has 1 amide bonds. The fraction of sp³-hybridized carbons (Fsp3) is 0.276. The molecule has 10 heteroatoms. The van der Waals surface area contributed by atoms with Crippen molar-refractivity contribution in [3.63, 3.8) is 0 Å². The Labute approximate surface area is 242 Å². The van der Waals surface area contributed by atoms with Crippen LogP contribution >= 0.6 is 35.0 Å². The van der Waals surface area contributed by atoms with Crippen LogP contribution in [0.25, 0.3) is 5.69 Å². The maximum atomic E-state index is 13.2. The molecule has 0 atom stereocenters. The average Bonchev–Trinajstić information content (AvgIpc) is 3.34. The molecule has 0 unspecified atom stereocenters. The van der Waals surface area contributed by atoms with Crippen molar-refractivity contribution in [2.24, 2.45) is 0 Å².